The van der Waals surface area contributed by atoms with Crippen LogP contribution >= 0.6 is 43.5 Å². The van der Waals surface area contributed by atoms with Crippen molar-refractivity contribution in [1.29, 1.82) is 0 Å². The summed E-state index contributed by atoms with van der Waals surface area (Å²) < 4.78 is 0. The molecule has 6 atom stereocenters. The second-order valence-electron chi connectivity index (χ2n) is 6.44. The highest BCUT2D eigenvalue weighted by molar-refractivity contribution is 9.12. The minimum Gasteiger partial charge on any atom is -0.272 e. The maximum atomic E-state index is 12.7. The summed E-state index contributed by atoms with van der Waals surface area (Å²) in [5.41, 5.74) is 2.68. The number of rotatable bonds is 2. The van der Waals surface area contributed by atoms with Crippen molar-refractivity contribution in [3.8, 4) is 0 Å². The maximum Gasteiger partial charge on any atom is 0.271 e. The molecule has 126 valence electrons. The first kappa shape index (κ1) is 16.5. The largest absolute Gasteiger partial charge is 0.272 e. The average Bonchev–Trinajstić information content (AvgIpc) is 3.15. The van der Waals surface area contributed by atoms with Crippen LogP contribution in [0.3, 0.4) is 0 Å². The first-order valence-electron chi connectivity index (χ1n) is 7.63. The molecule has 2 bridgehead atoms. The highest BCUT2D eigenvalue weighted by atomic mass is 79.9. The molecule has 1 aliphatic heterocycles. The minimum absolute atomic E-state index is 0.114. The minimum atomic E-state index is -0.555. The Labute approximate surface area is 160 Å². The molecule has 1 aromatic rings. The van der Waals surface area contributed by atoms with Crippen LogP contribution in [0.25, 0.3) is 0 Å². The van der Waals surface area contributed by atoms with E-state index in [9.17, 15) is 14.4 Å². The summed E-state index contributed by atoms with van der Waals surface area (Å²) in [7, 11) is 0. The van der Waals surface area contributed by atoms with Gasteiger partial charge in [0.05, 0.1) is 22.4 Å². The van der Waals surface area contributed by atoms with Crippen LogP contribution in [0.1, 0.15) is 16.8 Å². The van der Waals surface area contributed by atoms with Crippen molar-refractivity contribution in [2.75, 3.05) is 0 Å². The standard InChI is InChI=1S/C16H13Br2ClN2O3/c17-12-7-5-8(13(12)18)11-10(7)15(23)21(16(11)24)20-14(22)6-3-1-2-4-9(6)19/h1-4,7-8,10-13H,5H2,(H,20,22)/t7-,8-,10-,11-,12+,13+/m1/s1. The predicted octanol–water partition coefficient (Wildman–Crippen LogP) is 2.76. The Morgan fingerprint density at radius 2 is 1.62 bits per heavy atom. The van der Waals surface area contributed by atoms with E-state index in [2.05, 4.69) is 37.3 Å². The Balaban J connectivity index is 1.58. The molecule has 1 aromatic carbocycles. The predicted molar refractivity (Wildman–Crippen MR) is 94.8 cm³/mol. The van der Waals surface area contributed by atoms with Crippen molar-refractivity contribution < 1.29 is 14.4 Å². The fraction of sp³-hybridized carbons (Fsp3) is 0.438. The van der Waals surface area contributed by atoms with E-state index in [1.807, 2.05) is 0 Å². The fourth-order valence-corrected chi connectivity index (χ4v) is 6.36. The first-order valence-corrected chi connectivity index (χ1v) is 9.84. The Bertz CT molecular complexity index is 727. The molecule has 1 saturated heterocycles. The molecule has 1 heterocycles. The molecule has 0 unspecified atom stereocenters. The van der Waals surface area contributed by atoms with E-state index < -0.39 is 5.91 Å². The van der Waals surface area contributed by atoms with Gasteiger partial charge in [0.2, 0.25) is 0 Å². The van der Waals surface area contributed by atoms with Crippen molar-refractivity contribution in [2.45, 2.75) is 16.1 Å². The van der Waals surface area contributed by atoms with E-state index in [0.717, 1.165) is 11.4 Å². The van der Waals surface area contributed by atoms with Crippen LogP contribution in [0.4, 0.5) is 0 Å². The van der Waals surface area contributed by atoms with Crippen molar-refractivity contribution >= 4 is 61.2 Å². The van der Waals surface area contributed by atoms with E-state index in [1.54, 1.807) is 24.3 Å². The van der Waals surface area contributed by atoms with Gasteiger partial charge >= 0.3 is 0 Å². The molecule has 1 N–H and O–H groups in total. The summed E-state index contributed by atoms with van der Waals surface area (Å²) in [5.74, 6) is -1.67. The molecule has 2 aliphatic carbocycles. The Morgan fingerprint density at radius 3 is 2.17 bits per heavy atom. The van der Waals surface area contributed by atoms with E-state index in [1.165, 1.54) is 0 Å². The molecule has 0 radical (unpaired) electrons. The van der Waals surface area contributed by atoms with Crippen molar-refractivity contribution in [3.05, 3.63) is 34.9 Å². The Hall–Kier alpha value is -0.920. The SMILES string of the molecule is O=C(NN1C(=O)[C@@H]2[C@H]3C[C@@H]([C@H](Br)[C@H]3Br)[C@H]2C1=O)c1ccccc1Cl. The number of nitrogens with one attached hydrogen (secondary N) is 1. The number of hydrazine groups is 1. The number of fused-ring (bicyclic) bond motifs is 5. The fourth-order valence-electron chi connectivity index (χ4n) is 4.27. The Kier molecular flexibility index (Phi) is 4.01. The molecule has 3 amide bonds. The third kappa shape index (κ3) is 2.21. The van der Waals surface area contributed by atoms with Gasteiger partial charge in [-0.1, -0.05) is 55.6 Å². The summed E-state index contributed by atoms with van der Waals surface area (Å²) >= 11 is 13.3. The number of imide groups is 1. The summed E-state index contributed by atoms with van der Waals surface area (Å²) in [6.45, 7) is 0. The van der Waals surface area contributed by atoms with Crippen LogP contribution < -0.4 is 5.43 Å². The highest BCUT2D eigenvalue weighted by Crippen LogP contribution is 2.59. The smallest absolute Gasteiger partial charge is 0.271 e. The van der Waals surface area contributed by atoms with Gasteiger partial charge in [0.15, 0.2) is 0 Å². The molecule has 2 saturated carbocycles. The highest BCUT2D eigenvalue weighted by Gasteiger charge is 2.66. The molecule has 4 rings (SSSR count). The number of halogens is 3. The normalized spacial score (nSPS) is 37.0. The lowest BCUT2D eigenvalue weighted by atomic mass is 9.81. The molecular formula is C16H13Br2ClN2O3. The second-order valence-corrected chi connectivity index (χ2v) is 8.96. The Morgan fingerprint density at radius 1 is 1.08 bits per heavy atom. The van der Waals surface area contributed by atoms with Gasteiger partial charge < -0.3 is 0 Å². The second kappa shape index (κ2) is 5.81. The molecule has 0 aromatic heterocycles. The molecule has 3 fully saturated rings. The van der Waals surface area contributed by atoms with Gasteiger partial charge in [0.1, 0.15) is 0 Å². The van der Waals surface area contributed by atoms with Gasteiger partial charge in [-0.2, -0.15) is 5.01 Å². The average molecular weight is 477 g/mol. The third-order valence-corrected chi connectivity index (χ3v) is 8.86. The summed E-state index contributed by atoms with van der Waals surface area (Å²) in [4.78, 5) is 38.1. The van der Waals surface area contributed by atoms with Gasteiger partial charge in [-0.25, -0.2) is 0 Å². The lowest BCUT2D eigenvalue weighted by Gasteiger charge is -2.28. The third-order valence-electron chi connectivity index (χ3n) is 5.32. The van der Waals surface area contributed by atoms with Crippen LogP contribution in [0.2, 0.25) is 5.02 Å². The van der Waals surface area contributed by atoms with Crippen LogP contribution in [0.15, 0.2) is 24.3 Å². The zero-order valence-corrected chi connectivity index (χ0v) is 16.2. The summed E-state index contributed by atoms with van der Waals surface area (Å²) in [6.07, 6.45) is 0.852. The molecule has 3 aliphatic rings. The number of benzene rings is 1. The molecule has 24 heavy (non-hydrogen) atoms. The van der Waals surface area contributed by atoms with E-state index >= 15 is 0 Å². The summed E-state index contributed by atoms with van der Waals surface area (Å²) in [5, 5.41) is 1.17. The van der Waals surface area contributed by atoms with Crippen LogP contribution in [0, 0.1) is 23.7 Å². The molecular weight excluding hydrogens is 463 g/mol. The summed E-state index contributed by atoms with van der Waals surface area (Å²) in [6, 6.07) is 6.52. The quantitative estimate of drug-likeness (QED) is 0.527. The number of alkyl halides is 2. The number of nitrogens with zero attached hydrogens (tertiary/aromatic N) is 1. The number of amides is 3. The first-order chi connectivity index (χ1) is 11.4. The van der Waals surface area contributed by atoms with Gasteiger partial charge in [0, 0.05) is 9.65 Å². The van der Waals surface area contributed by atoms with Gasteiger partial charge in [0.25, 0.3) is 17.7 Å². The van der Waals surface area contributed by atoms with Crippen LogP contribution in [-0.4, -0.2) is 32.4 Å². The number of hydrogen-bond acceptors (Lipinski definition) is 3. The van der Waals surface area contributed by atoms with Gasteiger partial charge in [-0.3, -0.25) is 19.8 Å². The lowest BCUT2D eigenvalue weighted by molar-refractivity contribution is -0.143. The van der Waals surface area contributed by atoms with E-state index in [4.69, 9.17) is 11.6 Å². The van der Waals surface area contributed by atoms with Crippen molar-refractivity contribution in [3.63, 3.8) is 0 Å². The topological polar surface area (TPSA) is 66.5 Å². The van der Waals surface area contributed by atoms with Crippen LogP contribution in [-0.2, 0) is 9.59 Å². The van der Waals surface area contributed by atoms with Crippen molar-refractivity contribution in [2.24, 2.45) is 23.7 Å². The van der Waals surface area contributed by atoms with Crippen LogP contribution in [0.5, 0.6) is 0 Å². The molecule has 0 spiro atoms. The van der Waals surface area contributed by atoms with Gasteiger partial charge in [-0.05, 0) is 30.4 Å². The molecule has 8 heteroatoms. The monoisotopic (exact) mass is 474 g/mol. The molecule has 5 nitrogen and oxygen atoms in total. The van der Waals surface area contributed by atoms with Gasteiger partial charge in [-0.15, -0.1) is 0 Å². The maximum absolute atomic E-state index is 12.7. The zero-order valence-electron chi connectivity index (χ0n) is 12.3. The number of carbonyl (C=O) groups excluding carboxylic acids is 3. The number of carbonyl (C=O) groups is 3. The zero-order chi connectivity index (χ0) is 17.2. The van der Waals surface area contributed by atoms with E-state index in [-0.39, 0.29) is 55.7 Å². The van der Waals surface area contributed by atoms with Crippen molar-refractivity contribution in [1.82, 2.24) is 10.4 Å². The lowest BCUT2D eigenvalue weighted by Crippen LogP contribution is -2.47. The van der Waals surface area contributed by atoms with E-state index in [0.29, 0.717) is 0 Å². The number of hydrogen-bond donors (Lipinski definition) is 1.